The van der Waals surface area contributed by atoms with Crippen LogP contribution in [-0.4, -0.2) is 22.6 Å². The van der Waals surface area contributed by atoms with Gasteiger partial charge in [-0.25, -0.2) is 9.97 Å². The lowest BCUT2D eigenvalue weighted by Crippen LogP contribution is -2.35. The summed E-state index contributed by atoms with van der Waals surface area (Å²) in [7, 11) is 0. The summed E-state index contributed by atoms with van der Waals surface area (Å²) in [6.45, 7) is 1.01. The maximum absolute atomic E-state index is 13.1. The van der Waals surface area contributed by atoms with Gasteiger partial charge in [-0.15, -0.1) is 0 Å². The Bertz CT molecular complexity index is 390. The lowest BCUT2D eigenvalue weighted by Gasteiger charge is -2.30. The van der Waals surface area contributed by atoms with Crippen LogP contribution in [-0.2, 0) is 0 Å². The van der Waals surface area contributed by atoms with Gasteiger partial charge in [-0.05, 0) is 31.6 Å². The molecule has 0 radical (unpaired) electrons. The molecule has 0 aromatic carbocycles. The van der Waals surface area contributed by atoms with Gasteiger partial charge in [0.15, 0.2) is 0 Å². The minimum Gasteiger partial charge on any atom is -0.353 e. The van der Waals surface area contributed by atoms with Crippen LogP contribution in [0.3, 0.4) is 0 Å². The summed E-state index contributed by atoms with van der Waals surface area (Å²) in [5.41, 5.74) is 0. The Morgan fingerprint density at radius 2 is 1.94 bits per heavy atom. The van der Waals surface area contributed by atoms with Crippen LogP contribution >= 0.6 is 0 Å². The molecule has 92 valence electrons. The molecule has 3 rings (SSSR count). The van der Waals surface area contributed by atoms with Crippen molar-refractivity contribution in [2.45, 2.75) is 44.6 Å². The molecule has 0 bridgehead atoms. The van der Waals surface area contributed by atoms with Crippen molar-refractivity contribution in [3.05, 3.63) is 18.3 Å². The first-order valence-electron chi connectivity index (χ1n) is 6.59. The molecule has 1 aliphatic heterocycles. The third-order valence-electron chi connectivity index (χ3n) is 4.16. The maximum atomic E-state index is 13.1. The highest BCUT2D eigenvalue weighted by atomic mass is 19.1. The van der Waals surface area contributed by atoms with E-state index in [9.17, 15) is 4.39 Å². The van der Waals surface area contributed by atoms with E-state index in [2.05, 4.69) is 14.9 Å². The summed E-state index contributed by atoms with van der Waals surface area (Å²) < 4.78 is 13.1. The highest BCUT2D eigenvalue weighted by Crippen LogP contribution is 2.37. The predicted octanol–water partition coefficient (Wildman–Crippen LogP) is 2.77. The second-order valence-corrected chi connectivity index (χ2v) is 5.15. The van der Waals surface area contributed by atoms with Crippen LogP contribution in [0.1, 0.15) is 38.5 Å². The van der Waals surface area contributed by atoms with Gasteiger partial charge in [-0.2, -0.15) is 4.39 Å². The maximum Gasteiger partial charge on any atom is 0.218 e. The second-order valence-electron chi connectivity index (χ2n) is 5.15. The van der Waals surface area contributed by atoms with Crippen molar-refractivity contribution in [3.63, 3.8) is 0 Å². The smallest absolute Gasteiger partial charge is 0.218 e. The van der Waals surface area contributed by atoms with Crippen molar-refractivity contribution < 1.29 is 4.39 Å². The first-order valence-corrected chi connectivity index (χ1v) is 6.59. The lowest BCUT2D eigenvalue weighted by molar-refractivity contribution is 0.428. The molecule has 2 fully saturated rings. The molecule has 1 aromatic heterocycles. The van der Waals surface area contributed by atoms with E-state index >= 15 is 0 Å². The standard InChI is InChI=1S/C13H18FN3/c14-12-8-13(16-9-15-12)17-7-3-6-11(17)10-4-1-2-5-10/h8-11H,1-7H2. The third kappa shape index (κ3) is 2.13. The molecule has 2 heterocycles. The fourth-order valence-corrected chi connectivity index (χ4v) is 3.39. The molecule has 1 saturated heterocycles. The molecule has 17 heavy (non-hydrogen) atoms. The van der Waals surface area contributed by atoms with Gasteiger partial charge in [-0.3, -0.25) is 0 Å². The predicted molar refractivity (Wildman–Crippen MR) is 64.3 cm³/mol. The quantitative estimate of drug-likeness (QED) is 0.738. The van der Waals surface area contributed by atoms with Crippen LogP contribution < -0.4 is 4.90 Å². The highest BCUT2D eigenvalue weighted by molar-refractivity contribution is 5.40. The fraction of sp³-hybridized carbons (Fsp3) is 0.692. The van der Waals surface area contributed by atoms with Gasteiger partial charge >= 0.3 is 0 Å². The molecule has 2 aliphatic rings. The normalized spacial score (nSPS) is 25.7. The Balaban J connectivity index is 1.81. The fourth-order valence-electron chi connectivity index (χ4n) is 3.39. The van der Waals surface area contributed by atoms with Gasteiger partial charge in [0.25, 0.3) is 0 Å². The van der Waals surface area contributed by atoms with Crippen molar-refractivity contribution in [3.8, 4) is 0 Å². The zero-order valence-electron chi connectivity index (χ0n) is 9.98. The molecule has 1 aliphatic carbocycles. The van der Waals surface area contributed by atoms with Crippen molar-refractivity contribution in [2.24, 2.45) is 5.92 Å². The molecule has 0 spiro atoms. The minimum absolute atomic E-state index is 0.424. The van der Waals surface area contributed by atoms with Crippen LogP contribution in [0.4, 0.5) is 10.2 Å². The summed E-state index contributed by atoms with van der Waals surface area (Å²) in [4.78, 5) is 10.0. The second kappa shape index (κ2) is 4.59. The Labute approximate surface area is 101 Å². The Morgan fingerprint density at radius 1 is 1.12 bits per heavy atom. The van der Waals surface area contributed by atoms with E-state index in [1.54, 1.807) is 0 Å². The molecule has 0 N–H and O–H groups in total. The van der Waals surface area contributed by atoms with Crippen LogP contribution in [0.2, 0.25) is 0 Å². The van der Waals surface area contributed by atoms with Crippen molar-refractivity contribution in [2.75, 3.05) is 11.4 Å². The molecular weight excluding hydrogens is 217 g/mol. The molecule has 1 aromatic rings. The number of halogens is 1. The van der Waals surface area contributed by atoms with Crippen LogP contribution in [0.25, 0.3) is 0 Å². The summed E-state index contributed by atoms with van der Waals surface area (Å²) in [5.74, 6) is 1.13. The summed E-state index contributed by atoms with van der Waals surface area (Å²) in [6, 6.07) is 2.04. The van der Waals surface area contributed by atoms with Crippen LogP contribution in [0.5, 0.6) is 0 Å². The zero-order chi connectivity index (χ0) is 11.7. The average Bonchev–Trinajstić information content (AvgIpc) is 3.00. The lowest BCUT2D eigenvalue weighted by atomic mass is 9.96. The summed E-state index contributed by atoms with van der Waals surface area (Å²) in [5, 5.41) is 0. The van der Waals surface area contributed by atoms with E-state index in [4.69, 9.17) is 0 Å². The SMILES string of the molecule is Fc1cc(N2CCCC2C2CCCC2)ncn1. The van der Waals surface area contributed by atoms with Crippen LogP contribution in [0.15, 0.2) is 12.4 Å². The minimum atomic E-state index is -0.424. The molecule has 1 atom stereocenters. The zero-order valence-corrected chi connectivity index (χ0v) is 9.98. The first-order chi connectivity index (χ1) is 8.34. The van der Waals surface area contributed by atoms with Crippen molar-refractivity contribution >= 4 is 5.82 Å². The van der Waals surface area contributed by atoms with Gasteiger partial charge in [0.05, 0.1) is 0 Å². The number of rotatable bonds is 2. The van der Waals surface area contributed by atoms with Gasteiger partial charge in [0.2, 0.25) is 5.95 Å². The number of aromatic nitrogens is 2. The largest absolute Gasteiger partial charge is 0.353 e. The average molecular weight is 235 g/mol. The van der Waals surface area contributed by atoms with E-state index in [0.717, 1.165) is 18.3 Å². The van der Waals surface area contributed by atoms with Gasteiger partial charge in [0.1, 0.15) is 12.1 Å². The Hall–Kier alpha value is -1.19. The molecule has 3 nitrogen and oxygen atoms in total. The topological polar surface area (TPSA) is 29.0 Å². The van der Waals surface area contributed by atoms with Gasteiger partial charge < -0.3 is 4.90 Å². The number of anilines is 1. The summed E-state index contributed by atoms with van der Waals surface area (Å²) >= 11 is 0. The number of nitrogens with zero attached hydrogens (tertiary/aromatic N) is 3. The monoisotopic (exact) mass is 235 g/mol. The Morgan fingerprint density at radius 3 is 2.71 bits per heavy atom. The highest BCUT2D eigenvalue weighted by Gasteiger charge is 2.34. The number of hydrogen-bond donors (Lipinski definition) is 0. The van der Waals surface area contributed by atoms with E-state index in [1.807, 2.05) is 0 Å². The Kier molecular flexibility index (Phi) is 2.95. The first kappa shape index (κ1) is 10.9. The summed E-state index contributed by atoms with van der Waals surface area (Å²) in [6.07, 6.45) is 9.13. The van der Waals surface area contributed by atoms with Gasteiger partial charge in [0, 0.05) is 18.7 Å². The molecule has 4 heteroatoms. The van der Waals surface area contributed by atoms with Crippen LogP contribution in [0, 0.1) is 11.9 Å². The van der Waals surface area contributed by atoms with Gasteiger partial charge in [-0.1, -0.05) is 12.8 Å². The molecule has 0 amide bonds. The van der Waals surface area contributed by atoms with E-state index in [-0.39, 0.29) is 0 Å². The third-order valence-corrected chi connectivity index (χ3v) is 4.16. The van der Waals surface area contributed by atoms with E-state index < -0.39 is 5.95 Å². The molecular formula is C13H18FN3. The van der Waals surface area contributed by atoms with Crippen molar-refractivity contribution in [1.29, 1.82) is 0 Å². The van der Waals surface area contributed by atoms with E-state index in [0.29, 0.717) is 6.04 Å². The molecule has 1 saturated carbocycles. The van der Waals surface area contributed by atoms with E-state index in [1.165, 1.54) is 50.9 Å². The van der Waals surface area contributed by atoms with Crippen molar-refractivity contribution in [1.82, 2.24) is 9.97 Å². The number of hydrogen-bond acceptors (Lipinski definition) is 3. The molecule has 1 unspecified atom stereocenters.